The van der Waals surface area contributed by atoms with Crippen LogP contribution in [0.2, 0.25) is 0 Å². The van der Waals surface area contributed by atoms with Crippen molar-refractivity contribution >= 4 is 5.91 Å². The number of hydrogen-bond donors (Lipinski definition) is 0. The van der Waals surface area contributed by atoms with Crippen molar-refractivity contribution in [2.75, 3.05) is 39.4 Å². The van der Waals surface area contributed by atoms with Gasteiger partial charge >= 0.3 is 0 Å². The number of amides is 1. The van der Waals surface area contributed by atoms with Gasteiger partial charge in [0.25, 0.3) is 5.91 Å². The van der Waals surface area contributed by atoms with Gasteiger partial charge in [0.1, 0.15) is 0 Å². The summed E-state index contributed by atoms with van der Waals surface area (Å²) in [6.07, 6.45) is 7.91. The second-order valence-electron chi connectivity index (χ2n) is 7.54. The molecule has 1 atom stereocenters. The Morgan fingerprint density at radius 1 is 1.04 bits per heavy atom. The minimum Gasteiger partial charge on any atom is -0.379 e. The third-order valence-electron chi connectivity index (χ3n) is 5.73. The van der Waals surface area contributed by atoms with Crippen molar-refractivity contribution in [3.05, 3.63) is 48.3 Å². The molecule has 1 amide bonds. The average molecular weight is 380 g/mol. The summed E-state index contributed by atoms with van der Waals surface area (Å²) >= 11 is 0. The zero-order valence-electron chi connectivity index (χ0n) is 16.3. The van der Waals surface area contributed by atoms with Gasteiger partial charge in [-0.1, -0.05) is 12.1 Å². The molecule has 4 rings (SSSR count). The van der Waals surface area contributed by atoms with Gasteiger partial charge in [-0.2, -0.15) is 0 Å². The number of ether oxygens (including phenoxy) is 1. The van der Waals surface area contributed by atoms with Crippen molar-refractivity contribution in [1.82, 2.24) is 19.8 Å². The summed E-state index contributed by atoms with van der Waals surface area (Å²) in [6, 6.07) is 9.82. The van der Waals surface area contributed by atoms with Crippen LogP contribution in [0.5, 0.6) is 0 Å². The molecule has 3 heterocycles. The topological polar surface area (TPSA) is 58.6 Å². The molecule has 1 aromatic heterocycles. The van der Waals surface area contributed by atoms with E-state index in [0.29, 0.717) is 11.9 Å². The molecule has 0 N–H and O–H groups in total. The van der Waals surface area contributed by atoms with Gasteiger partial charge in [0.15, 0.2) is 5.82 Å². The van der Waals surface area contributed by atoms with E-state index in [1.807, 2.05) is 24.3 Å². The second-order valence-corrected chi connectivity index (χ2v) is 7.54. The summed E-state index contributed by atoms with van der Waals surface area (Å²) in [5.74, 6) is 0.829. The highest BCUT2D eigenvalue weighted by atomic mass is 16.5. The van der Waals surface area contributed by atoms with Gasteiger partial charge < -0.3 is 9.64 Å². The lowest BCUT2D eigenvalue weighted by Gasteiger charge is -2.37. The minimum atomic E-state index is 0.146. The van der Waals surface area contributed by atoms with Crippen LogP contribution in [0.4, 0.5) is 0 Å². The van der Waals surface area contributed by atoms with E-state index >= 15 is 0 Å². The smallest absolute Gasteiger partial charge is 0.254 e. The van der Waals surface area contributed by atoms with Crippen molar-refractivity contribution in [3.63, 3.8) is 0 Å². The molecule has 2 saturated heterocycles. The number of aromatic nitrogens is 2. The molecule has 2 fully saturated rings. The van der Waals surface area contributed by atoms with Crippen molar-refractivity contribution in [2.45, 2.75) is 31.7 Å². The molecule has 0 saturated carbocycles. The van der Waals surface area contributed by atoms with E-state index in [9.17, 15) is 4.79 Å². The molecule has 6 heteroatoms. The zero-order valence-corrected chi connectivity index (χ0v) is 16.3. The zero-order chi connectivity index (χ0) is 19.2. The fourth-order valence-corrected chi connectivity index (χ4v) is 4.10. The molecule has 2 aromatic rings. The number of morpholine rings is 1. The van der Waals surface area contributed by atoms with Crippen LogP contribution in [0.1, 0.15) is 36.0 Å². The second kappa shape index (κ2) is 9.26. The predicted molar refractivity (Wildman–Crippen MR) is 108 cm³/mol. The monoisotopic (exact) mass is 380 g/mol. The molecule has 6 nitrogen and oxygen atoms in total. The standard InChI is InChI=1S/C22H28N4O2/c27-22(19-7-5-18(6-8-19)21-23-10-3-11-24-21)26-12-2-1-4-20(26)9-13-25-14-16-28-17-15-25/h3,5-8,10-11,20H,1-2,4,9,12-17H2/t20-/m1/s1. The molecule has 148 valence electrons. The maximum Gasteiger partial charge on any atom is 0.254 e. The molecule has 28 heavy (non-hydrogen) atoms. The van der Waals surface area contributed by atoms with Crippen LogP contribution < -0.4 is 0 Å². The van der Waals surface area contributed by atoms with Gasteiger partial charge in [0, 0.05) is 55.7 Å². The highest BCUT2D eigenvalue weighted by Gasteiger charge is 2.28. The van der Waals surface area contributed by atoms with Crippen LogP contribution in [-0.2, 0) is 4.74 Å². The lowest BCUT2D eigenvalue weighted by atomic mass is 9.97. The first-order valence-corrected chi connectivity index (χ1v) is 10.3. The van der Waals surface area contributed by atoms with Crippen LogP contribution >= 0.6 is 0 Å². The Morgan fingerprint density at radius 3 is 2.54 bits per heavy atom. The van der Waals surface area contributed by atoms with Crippen LogP contribution in [0, 0.1) is 0 Å². The Labute approximate surface area is 166 Å². The van der Waals surface area contributed by atoms with E-state index in [1.165, 1.54) is 6.42 Å². The number of carbonyl (C=O) groups is 1. The molecule has 2 aliphatic rings. The quantitative estimate of drug-likeness (QED) is 0.798. The fraction of sp³-hybridized carbons (Fsp3) is 0.500. The van der Waals surface area contributed by atoms with E-state index in [2.05, 4.69) is 19.8 Å². The van der Waals surface area contributed by atoms with E-state index in [0.717, 1.165) is 69.8 Å². The molecule has 0 spiro atoms. The summed E-state index contributed by atoms with van der Waals surface area (Å²) in [5.41, 5.74) is 1.68. The van der Waals surface area contributed by atoms with Crippen LogP contribution in [0.25, 0.3) is 11.4 Å². The Bertz CT molecular complexity index is 760. The number of benzene rings is 1. The summed E-state index contributed by atoms with van der Waals surface area (Å²) in [4.78, 5) is 26.3. The van der Waals surface area contributed by atoms with Crippen LogP contribution in [0.15, 0.2) is 42.7 Å². The Balaban J connectivity index is 1.41. The molecule has 1 aromatic carbocycles. The molecular weight excluding hydrogens is 352 g/mol. The van der Waals surface area contributed by atoms with Crippen molar-refractivity contribution in [1.29, 1.82) is 0 Å². The van der Waals surface area contributed by atoms with Gasteiger partial charge in [-0.05, 0) is 43.9 Å². The van der Waals surface area contributed by atoms with Crippen LogP contribution in [0.3, 0.4) is 0 Å². The molecule has 0 radical (unpaired) electrons. The maximum atomic E-state index is 13.2. The normalized spacial score (nSPS) is 20.9. The molecule has 0 bridgehead atoms. The summed E-state index contributed by atoms with van der Waals surface area (Å²) in [5, 5.41) is 0. The van der Waals surface area contributed by atoms with E-state index < -0.39 is 0 Å². The van der Waals surface area contributed by atoms with Gasteiger partial charge in [0.2, 0.25) is 0 Å². The molecular formula is C22H28N4O2. The SMILES string of the molecule is O=C(c1ccc(-c2ncccn2)cc1)N1CCCC[C@@H]1CCN1CCOCC1. The lowest BCUT2D eigenvalue weighted by Crippen LogP contribution is -2.46. The van der Waals surface area contributed by atoms with Gasteiger partial charge in [-0.25, -0.2) is 9.97 Å². The third-order valence-corrected chi connectivity index (χ3v) is 5.73. The number of nitrogens with zero attached hydrogens (tertiary/aromatic N) is 4. The minimum absolute atomic E-state index is 0.146. The Morgan fingerprint density at radius 2 is 1.79 bits per heavy atom. The Hall–Kier alpha value is -2.31. The first-order valence-electron chi connectivity index (χ1n) is 10.3. The number of rotatable bonds is 5. The predicted octanol–water partition coefficient (Wildman–Crippen LogP) is 2.86. The van der Waals surface area contributed by atoms with E-state index in [4.69, 9.17) is 4.74 Å². The number of hydrogen-bond acceptors (Lipinski definition) is 5. The first kappa shape index (κ1) is 19.0. The lowest BCUT2D eigenvalue weighted by molar-refractivity contribution is 0.0296. The molecule has 0 aliphatic carbocycles. The highest BCUT2D eigenvalue weighted by molar-refractivity contribution is 5.94. The maximum absolute atomic E-state index is 13.2. The van der Waals surface area contributed by atoms with Gasteiger partial charge in [-0.3, -0.25) is 9.69 Å². The van der Waals surface area contributed by atoms with E-state index in [-0.39, 0.29) is 5.91 Å². The summed E-state index contributed by atoms with van der Waals surface area (Å²) in [7, 11) is 0. The number of piperidine rings is 1. The number of likely N-dealkylation sites (tertiary alicyclic amines) is 1. The Kier molecular flexibility index (Phi) is 6.29. The van der Waals surface area contributed by atoms with Crippen LogP contribution in [-0.4, -0.2) is 71.1 Å². The third kappa shape index (κ3) is 4.56. The van der Waals surface area contributed by atoms with Crippen molar-refractivity contribution in [3.8, 4) is 11.4 Å². The van der Waals surface area contributed by atoms with E-state index in [1.54, 1.807) is 18.5 Å². The largest absolute Gasteiger partial charge is 0.379 e. The molecule has 2 aliphatic heterocycles. The average Bonchev–Trinajstić information content (AvgIpc) is 2.79. The van der Waals surface area contributed by atoms with Gasteiger partial charge in [-0.15, -0.1) is 0 Å². The van der Waals surface area contributed by atoms with Gasteiger partial charge in [0.05, 0.1) is 13.2 Å². The summed E-state index contributed by atoms with van der Waals surface area (Å²) < 4.78 is 5.44. The fourth-order valence-electron chi connectivity index (χ4n) is 4.10. The first-order chi connectivity index (χ1) is 13.8. The van der Waals surface area contributed by atoms with Crippen molar-refractivity contribution in [2.24, 2.45) is 0 Å². The summed E-state index contributed by atoms with van der Waals surface area (Å²) in [6.45, 7) is 5.56. The molecule has 0 unspecified atom stereocenters. The number of carbonyl (C=O) groups excluding carboxylic acids is 1. The highest BCUT2D eigenvalue weighted by Crippen LogP contribution is 2.23. The van der Waals surface area contributed by atoms with Crippen molar-refractivity contribution < 1.29 is 9.53 Å².